The van der Waals surface area contributed by atoms with Gasteiger partial charge in [0.15, 0.2) is 5.16 Å². The molecule has 2 aromatic carbocycles. The number of nitrogens with one attached hydrogen (secondary N) is 1. The summed E-state index contributed by atoms with van der Waals surface area (Å²) in [5, 5.41) is 3.53. The van der Waals surface area contributed by atoms with E-state index in [9.17, 15) is 9.59 Å². The lowest BCUT2D eigenvalue weighted by Crippen LogP contribution is -2.36. The number of carbonyl (C=O) groups is 2. The van der Waals surface area contributed by atoms with Crippen LogP contribution in [0.3, 0.4) is 0 Å². The van der Waals surface area contributed by atoms with Gasteiger partial charge in [-0.3, -0.25) is 9.59 Å². The molecular weight excluding hydrogens is 416 g/mol. The van der Waals surface area contributed by atoms with Crippen molar-refractivity contribution in [3.63, 3.8) is 0 Å². The molecule has 0 bridgehead atoms. The number of hydrogen-bond acceptors (Lipinski definition) is 6. The molecule has 0 fully saturated rings. The zero-order chi connectivity index (χ0) is 22.2. The van der Waals surface area contributed by atoms with Crippen molar-refractivity contribution >= 4 is 40.3 Å². The standard InChI is InChI=1S/C22H26N4O4S/c1-25(14-20(27)23-16-7-6-8-17(13-16)30-3)21(28)15-31-22-24-18-9-4-5-10-19(18)26(22)11-12-29-2/h4-10,13H,11-12,14-15H2,1-3H3,(H,23,27). The molecule has 0 radical (unpaired) electrons. The van der Waals surface area contributed by atoms with Gasteiger partial charge in [0, 0.05) is 32.5 Å². The molecule has 0 saturated carbocycles. The fourth-order valence-electron chi connectivity index (χ4n) is 3.00. The van der Waals surface area contributed by atoms with E-state index < -0.39 is 0 Å². The number of nitrogens with zero attached hydrogens (tertiary/aromatic N) is 3. The maximum Gasteiger partial charge on any atom is 0.243 e. The normalized spacial score (nSPS) is 10.8. The average molecular weight is 443 g/mol. The number of anilines is 1. The first-order chi connectivity index (χ1) is 15.0. The van der Waals surface area contributed by atoms with Gasteiger partial charge in [0.1, 0.15) is 5.75 Å². The summed E-state index contributed by atoms with van der Waals surface area (Å²) in [4.78, 5) is 30.9. The highest BCUT2D eigenvalue weighted by Gasteiger charge is 2.17. The van der Waals surface area contributed by atoms with Gasteiger partial charge in [-0.1, -0.05) is 30.0 Å². The highest BCUT2D eigenvalue weighted by atomic mass is 32.2. The Morgan fingerprint density at radius 1 is 1.16 bits per heavy atom. The minimum atomic E-state index is -0.276. The molecule has 0 spiro atoms. The van der Waals surface area contributed by atoms with Crippen molar-refractivity contribution in [2.75, 3.05) is 45.5 Å². The van der Waals surface area contributed by atoms with Crippen LogP contribution < -0.4 is 10.1 Å². The Labute approximate surface area is 185 Å². The van der Waals surface area contributed by atoms with Crippen LogP contribution in [-0.4, -0.2) is 66.4 Å². The molecule has 9 heteroatoms. The number of aromatic nitrogens is 2. The lowest BCUT2D eigenvalue weighted by atomic mass is 10.3. The molecule has 0 aliphatic carbocycles. The average Bonchev–Trinajstić information content (AvgIpc) is 3.13. The third kappa shape index (κ3) is 5.99. The molecular formula is C22H26N4O4S. The number of para-hydroxylation sites is 2. The van der Waals surface area contributed by atoms with E-state index in [0.717, 1.165) is 16.2 Å². The Morgan fingerprint density at radius 3 is 2.74 bits per heavy atom. The summed E-state index contributed by atoms with van der Waals surface area (Å²) in [5.74, 6) is 0.395. The van der Waals surface area contributed by atoms with Crippen LogP contribution in [-0.2, 0) is 20.9 Å². The zero-order valence-electron chi connectivity index (χ0n) is 17.8. The van der Waals surface area contributed by atoms with Crippen LogP contribution in [0.5, 0.6) is 5.75 Å². The number of carbonyl (C=O) groups excluding carboxylic acids is 2. The Bertz CT molecular complexity index is 1050. The van der Waals surface area contributed by atoms with Gasteiger partial charge >= 0.3 is 0 Å². The van der Waals surface area contributed by atoms with E-state index in [-0.39, 0.29) is 24.1 Å². The number of likely N-dealkylation sites (N-methyl/N-ethyl adjacent to an activating group) is 1. The van der Waals surface area contributed by atoms with E-state index in [2.05, 4.69) is 10.3 Å². The topological polar surface area (TPSA) is 85.7 Å². The molecule has 31 heavy (non-hydrogen) atoms. The van der Waals surface area contributed by atoms with Crippen molar-refractivity contribution in [1.82, 2.24) is 14.5 Å². The number of amides is 2. The first-order valence-electron chi connectivity index (χ1n) is 9.76. The Hall–Kier alpha value is -3.04. The summed E-state index contributed by atoms with van der Waals surface area (Å²) < 4.78 is 12.4. The number of hydrogen-bond donors (Lipinski definition) is 1. The Kier molecular flexibility index (Phi) is 7.91. The molecule has 0 atom stereocenters. The van der Waals surface area contributed by atoms with Crippen molar-refractivity contribution in [3.05, 3.63) is 48.5 Å². The summed E-state index contributed by atoms with van der Waals surface area (Å²) in [6, 6.07) is 14.9. The fraction of sp³-hybridized carbons (Fsp3) is 0.318. The molecule has 1 N–H and O–H groups in total. The molecule has 2 amide bonds. The quantitative estimate of drug-likeness (QED) is 0.486. The third-order valence-corrected chi connectivity index (χ3v) is 5.58. The van der Waals surface area contributed by atoms with Gasteiger partial charge in [0.2, 0.25) is 11.8 Å². The first-order valence-corrected chi connectivity index (χ1v) is 10.7. The molecule has 0 saturated heterocycles. The van der Waals surface area contributed by atoms with Crippen LogP contribution in [0.25, 0.3) is 11.0 Å². The summed E-state index contributed by atoms with van der Waals surface area (Å²) in [5.41, 5.74) is 2.49. The number of fused-ring (bicyclic) bond motifs is 1. The second-order valence-corrected chi connectivity index (χ2v) is 7.79. The highest BCUT2D eigenvalue weighted by molar-refractivity contribution is 7.99. The molecule has 8 nitrogen and oxygen atoms in total. The van der Waals surface area contributed by atoms with Crippen LogP contribution in [0.2, 0.25) is 0 Å². The number of thioether (sulfide) groups is 1. The molecule has 0 aliphatic rings. The number of rotatable bonds is 10. The van der Waals surface area contributed by atoms with Crippen LogP contribution >= 0.6 is 11.8 Å². The summed E-state index contributed by atoms with van der Waals surface area (Å²) in [7, 11) is 4.83. The van der Waals surface area contributed by atoms with Crippen molar-refractivity contribution < 1.29 is 19.1 Å². The third-order valence-electron chi connectivity index (χ3n) is 4.62. The van der Waals surface area contributed by atoms with Crippen LogP contribution in [0.4, 0.5) is 5.69 Å². The molecule has 1 heterocycles. The van der Waals surface area contributed by atoms with E-state index in [1.807, 2.05) is 28.8 Å². The molecule has 0 aliphatic heterocycles. The van der Waals surface area contributed by atoms with Gasteiger partial charge in [0.25, 0.3) is 0 Å². The van der Waals surface area contributed by atoms with Crippen molar-refractivity contribution in [2.24, 2.45) is 0 Å². The Balaban J connectivity index is 1.58. The van der Waals surface area contributed by atoms with Gasteiger partial charge in [-0.05, 0) is 24.3 Å². The zero-order valence-corrected chi connectivity index (χ0v) is 18.6. The maximum atomic E-state index is 12.6. The van der Waals surface area contributed by atoms with Crippen molar-refractivity contribution in [2.45, 2.75) is 11.7 Å². The predicted molar refractivity (Wildman–Crippen MR) is 122 cm³/mol. The largest absolute Gasteiger partial charge is 0.497 e. The maximum absolute atomic E-state index is 12.6. The summed E-state index contributed by atoms with van der Waals surface area (Å²) in [6.07, 6.45) is 0. The van der Waals surface area contributed by atoms with E-state index in [4.69, 9.17) is 9.47 Å². The smallest absolute Gasteiger partial charge is 0.243 e. The molecule has 3 aromatic rings. The van der Waals surface area contributed by atoms with Crippen LogP contribution in [0.1, 0.15) is 0 Å². The SMILES string of the molecule is COCCn1c(SCC(=O)N(C)CC(=O)Nc2cccc(OC)c2)nc2ccccc21. The lowest BCUT2D eigenvalue weighted by molar-refractivity contribution is -0.131. The van der Waals surface area contributed by atoms with Gasteiger partial charge in [0.05, 0.1) is 37.0 Å². The van der Waals surface area contributed by atoms with E-state index in [1.54, 1.807) is 45.5 Å². The molecule has 3 rings (SSSR count). The van der Waals surface area contributed by atoms with Crippen LogP contribution in [0, 0.1) is 0 Å². The number of methoxy groups -OCH3 is 2. The Morgan fingerprint density at radius 2 is 1.97 bits per heavy atom. The first kappa shape index (κ1) is 22.6. The minimum Gasteiger partial charge on any atom is -0.497 e. The second kappa shape index (κ2) is 10.8. The fourth-order valence-corrected chi connectivity index (χ4v) is 3.98. The van der Waals surface area contributed by atoms with Crippen molar-refractivity contribution in [3.8, 4) is 5.75 Å². The highest BCUT2D eigenvalue weighted by Crippen LogP contribution is 2.24. The predicted octanol–water partition coefficient (Wildman–Crippen LogP) is 2.88. The van der Waals surface area contributed by atoms with E-state index in [1.165, 1.54) is 16.7 Å². The van der Waals surface area contributed by atoms with Crippen LogP contribution in [0.15, 0.2) is 53.7 Å². The summed E-state index contributed by atoms with van der Waals surface area (Å²) >= 11 is 1.35. The molecule has 164 valence electrons. The molecule has 1 aromatic heterocycles. The minimum absolute atomic E-state index is 0.0449. The van der Waals surface area contributed by atoms with E-state index in [0.29, 0.717) is 24.6 Å². The second-order valence-electron chi connectivity index (χ2n) is 6.85. The van der Waals surface area contributed by atoms with Gasteiger partial charge < -0.3 is 24.3 Å². The summed E-state index contributed by atoms with van der Waals surface area (Å²) in [6.45, 7) is 1.15. The van der Waals surface area contributed by atoms with Gasteiger partial charge in [-0.2, -0.15) is 0 Å². The number of benzene rings is 2. The van der Waals surface area contributed by atoms with Crippen molar-refractivity contribution in [1.29, 1.82) is 0 Å². The monoisotopic (exact) mass is 442 g/mol. The lowest BCUT2D eigenvalue weighted by Gasteiger charge is -2.17. The number of ether oxygens (including phenoxy) is 2. The number of imidazole rings is 1. The van der Waals surface area contributed by atoms with Gasteiger partial charge in [-0.15, -0.1) is 0 Å². The van der Waals surface area contributed by atoms with E-state index >= 15 is 0 Å². The van der Waals surface area contributed by atoms with Gasteiger partial charge in [-0.25, -0.2) is 4.98 Å². The molecule has 0 unspecified atom stereocenters.